The molecule has 0 saturated carbocycles. The first kappa shape index (κ1) is 14.4. The van der Waals surface area contributed by atoms with Crippen molar-refractivity contribution in [1.29, 1.82) is 0 Å². The van der Waals surface area contributed by atoms with Crippen LogP contribution in [0.15, 0.2) is 0 Å². The second-order valence-corrected chi connectivity index (χ2v) is 4.50. The molecule has 5 heteroatoms. The van der Waals surface area contributed by atoms with Crippen LogP contribution in [0.2, 0.25) is 0 Å². The Kier molecular flexibility index (Phi) is 5.88. The molecule has 0 radical (unpaired) electrons. The van der Waals surface area contributed by atoms with Gasteiger partial charge < -0.3 is 19.7 Å². The summed E-state index contributed by atoms with van der Waals surface area (Å²) >= 11 is 0. The highest BCUT2D eigenvalue weighted by Gasteiger charge is 2.38. The molecule has 0 aromatic rings. The Bertz CT molecular complexity index is 243. The lowest BCUT2D eigenvalue weighted by molar-refractivity contribution is -0.198. The lowest BCUT2D eigenvalue weighted by atomic mass is 9.95. The van der Waals surface area contributed by atoms with Crippen LogP contribution in [0.1, 0.15) is 39.5 Å². The fourth-order valence-electron chi connectivity index (χ4n) is 2.12. The van der Waals surface area contributed by atoms with Crippen molar-refractivity contribution in [2.45, 2.75) is 63.9 Å². The van der Waals surface area contributed by atoms with Gasteiger partial charge in [0.15, 0.2) is 0 Å². The molecule has 17 heavy (non-hydrogen) atoms. The van der Waals surface area contributed by atoms with Crippen molar-refractivity contribution >= 4 is 5.97 Å². The molecule has 5 nitrogen and oxygen atoms in total. The molecule has 2 N–H and O–H groups in total. The molecule has 4 unspecified atom stereocenters. The number of hydrogen-bond donors (Lipinski definition) is 2. The Labute approximate surface area is 102 Å². The van der Waals surface area contributed by atoms with Crippen LogP contribution in [0.3, 0.4) is 0 Å². The van der Waals surface area contributed by atoms with Crippen molar-refractivity contribution in [3.05, 3.63) is 0 Å². The number of rotatable bonds is 5. The van der Waals surface area contributed by atoms with E-state index < -0.39 is 24.3 Å². The molecule has 0 aromatic carbocycles. The molecule has 1 aliphatic rings. The Morgan fingerprint density at radius 2 is 2.24 bits per heavy atom. The number of carbonyl (C=O) groups excluding carboxylic acids is 1. The van der Waals surface area contributed by atoms with Gasteiger partial charge in [-0.05, 0) is 6.42 Å². The average molecular weight is 246 g/mol. The SMILES string of the molecule is CCCCC1CC(OC(C)=O)C(O)C(CO)O1. The summed E-state index contributed by atoms with van der Waals surface area (Å²) in [5.74, 6) is -0.415. The van der Waals surface area contributed by atoms with Gasteiger partial charge in [0, 0.05) is 13.3 Å². The molecule has 0 amide bonds. The Morgan fingerprint density at radius 1 is 1.53 bits per heavy atom. The number of ether oxygens (including phenoxy) is 2. The molecule has 1 heterocycles. The highest BCUT2D eigenvalue weighted by atomic mass is 16.6. The van der Waals surface area contributed by atoms with E-state index >= 15 is 0 Å². The fraction of sp³-hybridized carbons (Fsp3) is 0.917. The molecule has 4 atom stereocenters. The van der Waals surface area contributed by atoms with Crippen molar-refractivity contribution in [1.82, 2.24) is 0 Å². The highest BCUT2D eigenvalue weighted by molar-refractivity contribution is 5.66. The third-order valence-electron chi connectivity index (χ3n) is 3.00. The molecular weight excluding hydrogens is 224 g/mol. The third-order valence-corrected chi connectivity index (χ3v) is 3.00. The van der Waals surface area contributed by atoms with Crippen LogP contribution in [0, 0.1) is 0 Å². The van der Waals surface area contributed by atoms with Crippen LogP contribution in [0.4, 0.5) is 0 Å². The summed E-state index contributed by atoms with van der Waals surface area (Å²) in [6.45, 7) is 3.14. The standard InChI is InChI=1S/C12H22O5/c1-3-4-5-9-6-10(16-8(2)14)12(15)11(7-13)17-9/h9-13,15H,3-7H2,1-2H3. The second-order valence-electron chi connectivity index (χ2n) is 4.50. The summed E-state index contributed by atoms with van der Waals surface area (Å²) in [7, 11) is 0. The first-order valence-corrected chi connectivity index (χ1v) is 6.20. The van der Waals surface area contributed by atoms with E-state index in [0.29, 0.717) is 6.42 Å². The third kappa shape index (κ3) is 4.26. The van der Waals surface area contributed by atoms with Gasteiger partial charge in [0.1, 0.15) is 18.3 Å². The zero-order valence-corrected chi connectivity index (χ0v) is 10.5. The summed E-state index contributed by atoms with van der Waals surface area (Å²) in [4.78, 5) is 10.9. The molecule has 0 aliphatic carbocycles. The monoisotopic (exact) mass is 246 g/mol. The van der Waals surface area contributed by atoms with Gasteiger partial charge in [0.05, 0.1) is 12.7 Å². The van der Waals surface area contributed by atoms with Crippen LogP contribution in [0.5, 0.6) is 0 Å². The average Bonchev–Trinajstić information content (AvgIpc) is 2.29. The predicted molar refractivity (Wildman–Crippen MR) is 61.4 cm³/mol. The van der Waals surface area contributed by atoms with E-state index in [9.17, 15) is 9.90 Å². The number of esters is 1. The first-order valence-electron chi connectivity index (χ1n) is 6.20. The lowest BCUT2D eigenvalue weighted by Gasteiger charge is -2.38. The van der Waals surface area contributed by atoms with Crippen LogP contribution in [-0.2, 0) is 14.3 Å². The highest BCUT2D eigenvalue weighted by Crippen LogP contribution is 2.25. The molecule has 1 rings (SSSR count). The minimum absolute atomic E-state index is 0.0557. The topological polar surface area (TPSA) is 76.0 Å². The van der Waals surface area contributed by atoms with Gasteiger partial charge in [0.2, 0.25) is 0 Å². The molecule has 0 aromatic heterocycles. The van der Waals surface area contributed by atoms with Crippen LogP contribution in [0.25, 0.3) is 0 Å². The first-order chi connectivity index (χ1) is 8.08. The van der Waals surface area contributed by atoms with Gasteiger partial charge in [-0.2, -0.15) is 0 Å². The molecule has 1 saturated heterocycles. The van der Waals surface area contributed by atoms with E-state index in [0.717, 1.165) is 19.3 Å². The maximum absolute atomic E-state index is 10.9. The van der Waals surface area contributed by atoms with Crippen molar-refractivity contribution in [2.75, 3.05) is 6.61 Å². The molecular formula is C12H22O5. The van der Waals surface area contributed by atoms with Crippen molar-refractivity contribution in [2.24, 2.45) is 0 Å². The number of hydrogen-bond acceptors (Lipinski definition) is 5. The molecule has 0 spiro atoms. The summed E-state index contributed by atoms with van der Waals surface area (Å²) in [5, 5.41) is 19.0. The van der Waals surface area contributed by atoms with E-state index in [-0.39, 0.29) is 12.7 Å². The van der Waals surface area contributed by atoms with Crippen LogP contribution < -0.4 is 0 Å². The summed E-state index contributed by atoms with van der Waals surface area (Å²) < 4.78 is 10.6. The van der Waals surface area contributed by atoms with Gasteiger partial charge in [-0.15, -0.1) is 0 Å². The van der Waals surface area contributed by atoms with Crippen molar-refractivity contribution in [3.8, 4) is 0 Å². The summed E-state index contributed by atoms with van der Waals surface area (Å²) in [6.07, 6.45) is 1.21. The van der Waals surface area contributed by atoms with E-state index in [1.807, 2.05) is 0 Å². The van der Waals surface area contributed by atoms with Gasteiger partial charge in [-0.25, -0.2) is 0 Å². The second kappa shape index (κ2) is 6.93. The smallest absolute Gasteiger partial charge is 0.302 e. The molecule has 1 aliphatic heterocycles. The number of unbranched alkanes of at least 4 members (excludes halogenated alkanes) is 1. The minimum atomic E-state index is -0.943. The molecule has 1 fully saturated rings. The van der Waals surface area contributed by atoms with Crippen LogP contribution >= 0.6 is 0 Å². The largest absolute Gasteiger partial charge is 0.460 e. The van der Waals surface area contributed by atoms with Crippen LogP contribution in [-0.4, -0.2) is 47.2 Å². The Hall–Kier alpha value is -0.650. The maximum atomic E-state index is 10.9. The van der Waals surface area contributed by atoms with Gasteiger partial charge in [-0.3, -0.25) is 4.79 Å². The van der Waals surface area contributed by atoms with Crippen molar-refractivity contribution < 1.29 is 24.5 Å². The van der Waals surface area contributed by atoms with Gasteiger partial charge in [0.25, 0.3) is 0 Å². The summed E-state index contributed by atoms with van der Waals surface area (Å²) in [6, 6.07) is 0. The zero-order valence-electron chi connectivity index (χ0n) is 10.5. The Morgan fingerprint density at radius 3 is 2.76 bits per heavy atom. The number of carbonyl (C=O) groups is 1. The minimum Gasteiger partial charge on any atom is -0.460 e. The maximum Gasteiger partial charge on any atom is 0.302 e. The van der Waals surface area contributed by atoms with E-state index in [2.05, 4.69) is 6.92 Å². The summed E-state index contributed by atoms with van der Waals surface area (Å²) in [5.41, 5.74) is 0. The Balaban J connectivity index is 2.58. The van der Waals surface area contributed by atoms with Gasteiger partial charge >= 0.3 is 5.97 Å². The van der Waals surface area contributed by atoms with Gasteiger partial charge in [-0.1, -0.05) is 19.8 Å². The van der Waals surface area contributed by atoms with Crippen molar-refractivity contribution in [3.63, 3.8) is 0 Å². The zero-order chi connectivity index (χ0) is 12.8. The number of aliphatic hydroxyl groups excluding tert-OH is 2. The van der Waals surface area contributed by atoms with E-state index in [1.165, 1.54) is 6.92 Å². The fourth-order valence-corrected chi connectivity index (χ4v) is 2.12. The predicted octanol–water partition coefficient (Wildman–Crippen LogP) is 0.619. The molecule has 100 valence electrons. The quantitative estimate of drug-likeness (QED) is 0.695. The molecule has 0 bridgehead atoms. The van der Waals surface area contributed by atoms with E-state index in [4.69, 9.17) is 14.6 Å². The van der Waals surface area contributed by atoms with E-state index in [1.54, 1.807) is 0 Å². The number of aliphatic hydroxyl groups is 2. The lowest BCUT2D eigenvalue weighted by Crippen LogP contribution is -2.51. The normalized spacial score (nSPS) is 33.4.